The number of nitrogens with zero attached hydrogens (tertiary/aromatic N) is 3. The highest BCUT2D eigenvalue weighted by molar-refractivity contribution is 5.96. The van der Waals surface area contributed by atoms with Crippen molar-refractivity contribution in [3.05, 3.63) is 53.8 Å². The Morgan fingerprint density at radius 2 is 1.86 bits per heavy atom. The third kappa shape index (κ3) is 3.84. The third-order valence-electron chi connectivity index (χ3n) is 5.17. The number of phenols is 1. The van der Waals surface area contributed by atoms with Crippen molar-refractivity contribution in [3.8, 4) is 5.75 Å². The maximum absolute atomic E-state index is 12.9. The lowest BCUT2D eigenvalue weighted by Crippen LogP contribution is -2.46. The molecule has 0 saturated carbocycles. The average molecular weight is 383 g/mol. The van der Waals surface area contributed by atoms with E-state index in [1.54, 1.807) is 18.2 Å². The Hall–Kier alpha value is -2.93. The van der Waals surface area contributed by atoms with Crippen molar-refractivity contribution >= 4 is 22.6 Å². The zero-order valence-electron chi connectivity index (χ0n) is 15.5. The van der Waals surface area contributed by atoms with Gasteiger partial charge in [0.25, 0.3) is 0 Å². The molecule has 6 nitrogen and oxygen atoms in total. The number of fused-ring (bicyclic) bond motifs is 1. The second-order valence-corrected chi connectivity index (χ2v) is 7.02. The van der Waals surface area contributed by atoms with Gasteiger partial charge in [-0.1, -0.05) is 11.2 Å². The molecule has 28 heavy (non-hydrogen) atoms. The summed E-state index contributed by atoms with van der Waals surface area (Å²) in [6.07, 6.45) is 1.22. The summed E-state index contributed by atoms with van der Waals surface area (Å²) in [7, 11) is 0. The van der Waals surface area contributed by atoms with Crippen molar-refractivity contribution in [3.63, 3.8) is 0 Å². The number of anilines is 1. The summed E-state index contributed by atoms with van der Waals surface area (Å²) in [4.78, 5) is 16.6. The number of aromatic hydroxyl groups is 1. The number of phenolic OH excluding ortho intramolecular Hbond substituents is 1. The van der Waals surface area contributed by atoms with Crippen molar-refractivity contribution in [1.29, 1.82) is 0 Å². The minimum Gasteiger partial charge on any atom is -0.507 e. The fourth-order valence-corrected chi connectivity index (χ4v) is 3.60. The molecule has 1 fully saturated rings. The van der Waals surface area contributed by atoms with E-state index in [0.717, 1.165) is 39.1 Å². The molecular formula is C21H22FN3O3. The van der Waals surface area contributed by atoms with Gasteiger partial charge in [0.2, 0.25) is 0 Å². The molecule has 1 aliphatic rings. The van der Waals surface area contributed by atoms with Gasteiger partial charge < -0.3 is 14.5 Å². The zero-order chi connectivity index (χ0) is 19.5. The van der Waals surface area contributed by atoms with Crippen molar-refractivity contribution in [2.75, 3.05) is 37.6 Å². The van der Waals surface area contributed by atoms with Crippen LogP contribution in [0.5, 0.6) is 5.75 Å². The van der Waals surface area contributed by atoms with Crippen LogP contribution in [0.2, 0.25) is 0 Å². The van der Waals surface area contributed by atoms with E-state index in [-0.39, 0.29) is 17.3 Å². The quantitative estimate of drug-likeness (QED) is 0.658. The Bertz CT molecular complexity index is 963. The fourth-order valence-electron chi connectivity index (χ4n) is 3.60. The number of hydrogen-bond donors (Lipinski definition) is 1. The van der Waals surface area contributed by atoms with Gasteiger partial charge in [0.05, 0.1) is 0 Å². The lowest BCUT2D eigenvalue weighted by atomic mass is 10.1. The van der Waals surface area contributed by atoms with Gasteiger partial charge in [-0.15, -0.1) is 0 Å². The third-order valence-corrected chi connectivity index (χ3v) is 5.17. The van der Waals surface area contributed by atoms with E-state index in [1.807, 2.05) is 0 Å². The minimum absolute atomic E-state index is 0.0446. The predicted molar refractivity (Wildman–Crippen MR) is 104 cm³/mol. The van der Waals surface area contributed by atoms with Gasteiger partial charge in [-0.2, -0.15) is 0 Å². The van der Waals surface area contributed by atoms with Gasteiger partial charge in [-0.05, 0) is 49.4 Å². The van der Waals surface area contributed by atoms with Crippen LogP contribution >= 0.6 is 0 Å². The van der Waals surface area contributed by atoms with Gasteiger partial charge >= 0.3 is 0 Å². The normalized spacial score (nSPS) is 15.2. The molecule has 146 valence electrons. The van der Waals surface area contributed by atoms with E-state index < -0.39 is 0 Å². The van der Waals surface area contributed by atoms with Crippen molar-refractivity contribution < 1.29 is 18.8 Å². The number of Topliss-reactive ketones (excluding diaryl/α,β-unsaturated/α-hetero) is 1. The summed E-state index contributed by atoms with van der Waals surface area (Å²) in [6.45, 7) is 4.11. The van der Waals surface area contributed by atoms with Crippen LogP contribution in [-0.4, -0.2) is 53.7 Å². The van der Waals surface area contributed by atoms with Crippen LogP contribution in [0, 0.1) is 5.82 Å². The molecule has 0 unspecified atom stereocenters. The number of ketones is 1. The molecule has 1 aliphatic heterocycles. The van der Waals surface area contributed by atoms with Crippen LogP contribution in [0.15, 0.2) is 47.0 Å². The van der Waals surface area contributed by atoms with Gasteiger partial charge in [0.15, 0.2) is 17.2 Å². The molecule has 1 aromatic heterocycles. The van der Waals surface area contributed by atoms with Crippen LogP contribution in [0.3, 0.4) is 0 Å². The number of carbonyl (C=O) groups excluding carboxylic acids is 1. The second-order valence-electron chi connectivity index (χ2n) is 7.02. The Morgan fingerprint density at radius 3 is 2.61 bits per heavy atom. The van der Waals surface area contributed by atoms with Gasteiger partial charge in [-0.3, -0.25) is 9.69 Å². The monoisotopic (exact) mass is 383 g/mol. The highest BCUT2D eigenvalue weighted by Gasteiger charge is 2.23. The first-order chi connectivity index (χ1) is 13.6. The lowest BCUT2D eigenvalue weighted by molar-refractivity contribution is 0.0974. The summed E-state index contributed by atoms with van der Waals surface area (Å²) < 4.78 is 18.3. The number of hydrogen-bond acceptors (Lipinski definition) is 6. The van der Waals surface area contributed by atoms with Crippen molar-refractivity contribution in [1.82, 2.24) is 10.1 Å². The summed E-state index contributed by atoms with van der Waals surface area (Å²) in [5.41, 5.74) is 1.14. The molecule has 2 heterocycles. The molecule has 0 spiro atoms. The molecule has 0 bridgehead atoms. The van der Waals surface area contributed by atoms with E-state index in [0.29, 0.717) is 28.8 Å². The SMILES string of the molecule is O=C(CCCN1CCN(c2noc3cccc(O)c23)CC1)c1ccc(F)cc1. The molecule has 0 aliphatic carbocycles. The number of halogens is 1. The maximum Gasteiger partial charge on any atom is 0.183 e. The van der Waals surface area contributed by atoms with Crippen LogP contribution in [0.4, 0.5) is 10.2 Å². The molecule has 1 saturated heterocycles. The maximum atomic E-state index is 12.9. The van der Waals surface area contributed by atoms with Crippen LogP contribution in [0.1, 0.15) is 23.2 Å². The minimum atomic E-state index is -0.331. The van der Waals surface area contributed by atoms with E-state index in [4.69, 9.17) is 4.52 Å². The predicted octanol–water partition coefficient (Wildman–Crippen LogP) is 3.46. The summed E-state index contributed by atoms with van der Waals surface area (Å²) in [5.74, 6) is 0.570. The standard InChI is InChI=1S/C21H22FN3O3/c22-16-8-6-15(7-9-16)17(26)4-2-10-24-11-13-25(14-12-24)21-20-18(27)3-1-5-19(20)28-23-21/h1,3,5-9,27H,2,4,10-14H2. The molecule has 1 N–H and O–H groups in total. The molecule has 4 rings (SSSR count). The second kappa shape index (κ2) is 7.98. The first kappa shape index (κ1) is 18.4. The molecule has 0 amide bonds. The van der Waals surface area contributed by atoms with Gasteiger partial charge in [0.1, 0.15) is 17.0 Å². The van der Waals surface area contributed by atoms with Crippen molar-refractivity contribution in [2.45, 2.75) is 12.8 Å². The van der Waals surface area contributed by atoms with Crippen molar-refractivity contribution in [2.24, 2.45) is 0 Å². The van der Waals surface area contributed by atoms with E-state index >= 15 is 0 Å². The number of piperazine rings is 1. The zero-order valence-corrected chi connectivity index (χ0v) is 15.5. The number of rotatable bonds is 6. The topological polar surface area (TPSA) is 69.8 Å². The van der Waals surface area contributed by atoms with E-state index in [2.05, 4.69) is 15.0 Å². The number of aromatic nitrogens is 1. The Labute approximate surface area is 162 Å². The van der Waals surface area contributed by atoms with Crippen LogP contribution < -0.4 is 4.90 Å². The van der Waals surface area contributed by atoms with Crippen LogP contribution in [-0.2, 0) is 0 Å². The molecular weight excluding hydrogens is 361 g/mol. The average Bonchev–Trinajstić information content (AvgIpc) is 3.14. The molecule has 2 aromatic carbocycles. The summed E-state index contributed by atoms with van der Waals surface area (Å²) in [5, 5.41) is 14.9. The largest absolute Gasteiger partial charge is 0.507 e. The summed E-state index contributed by atoms with van der Waals surface area (Å²) >= 11 is 0. The Morgan fingerprint density at radius 1 is 1.11 bits per heavy atom. The van der Waals surface area contributed by atoms with Gasteiger partial charge in [-0.25, -0.2) is 4.39 Å². The first-order valence-electron chi connectivity index (χ1n) is 9.45. The molecule has 3 aromatic rings. The lowest BCUT2D eigenvalue weighted by Gasteiger charge is -2.34. The molecule has 7 heteroatoms. The Balaban J connectivity index is 1.27. The molecule has 0 radical (unpaired) electrons. The molecule has 0 atom stereocenters. The first-order valence-corrected chi connectivity index (χ1v) is 9.45. The highest BCUT2D eigenvalue weighted by atomic mass is 19.1. The number of carbonyl (C=O) groups is 1. The van der Waals surface area contributed by atoms with Crippen LogP contribution in [0.25, 0.3) is 11.0 Å². The van der Waals surface area contributed by atoms with Gasteiger partial charge in [0, 0.05) is 38.2 Å². The highest BCUT2D eigenvalue weighted by Crippen LogP contribution is 2.33. The summed E-state index contributed by atoms with van der Waals surface area (Å²) in [6, 6.07) is 10.9. The van der Waals surface area contributed by atoms with E-state index in [9.17, 15) is 14.3 Å². The Kier molecular flexibility index (Phi) is 5.25. The smallest absolute Gasteiger partial charge is 0.183 e. The fraction of sp³-hybridized carbons (Fsp3) is 0.333. The number of benzene rings is 2. The van der Waals surface area contributed by atoms with E-state index in [1.165, 1.54) is 24.3 Å².